The summed E-state index contributed by atoms with van der Waals surface area (Å²) < 4.78 is 15.1. The van der Waals surface area contributed by atoms with Gasteiger partial charge >= 0.3 is 0 Å². The van der Waals surface area contributed by atoms with Crippen LogP contribution in [0.25, 0.3) is 11.0 Å². The van der Waals surface area contributed by atoms with Gasteiger partial charge in [0.05, 0.1) is 11.0 Å². The van der Waals surface area contributed by atoms with Gasteiger partial charge in [0.25, 0.3) is 0 Å². The van der Waals surface area contributed by atoms with Crippen molar-refractivity contribution in [3.8, 4) is 0 Å². The van der Waals surface area contributed by atoms with Crippen molar-refractivity contribution in [3.63, 3.8) is 0 Å². The molecule has 0 aliphatic heterocycles. The molecule has 0 aliphatic rings. The van der Waals surface area contributed by atoms with E-state index in [1.54, 1.807) is 6.07 Å². The summed E-state index contributed by atoms with van der Waals surface area (Å²) in [7, 11) is 1.97. The molecule has 3 nitrogen and oxygen atoms in total. The molecule has 0 fully saturated rings. The van der Waals surface area contributed by atoms with E-state index in [4.69, 9.17) is 0 Å². The second-order valence-electron chi connectivity index (χ2n) is 4.58. The van der Waals surface area contributed by atoms with Gasteiger partial charge in [-0.25, -0.2) is 9.37 Å². The molecule has 4 heteroatoms. The van der Waals surface area contributed by atoms with Crippen molar-refractivity contribution in [2.45, 2.75) is 26.3 Å². The predicted octanol–water partition coefficient (Wildman–Crippen LogP) is 2.25. The lowest BCUT2D eigenvalue weighted by atomic mass is 10.3. The van der Waals surface area contributed by atoms with E-state index in [-0.39, 0.29) is 5.82 Å². The molecule has 0 radical (unpaired) electrons. The van der Waals surface area contributed by atoms with Gasteiger partial charge in [-0.1, -0.05) is 13.8 Å². The molecule has 0 unspecified atom stereocenters. The molecule has 92 valence electrons. The van der Waals surface area contributed by atoms with Crippen molar-refractivity contribution < 1.29 is 4.39 Å². The number of nitrogens with one attached hydrogen (secondary N) is 1. The number of imidazole rings is 1. The van der Waals surface area contributed by atoms with Crippen LogP contribution in [0.3, 0.4) is 0 Å². The lowest BCUT2D eigenvalue weighted by Gasteiger charge is -2.07. The Labute approximate surface area is 101 Å². The molecule has 17 heavy (non-hydrogen) atoms. The molecule has 1 aromatic carbocycles. The fourth-order valence-electron chi connectivity index (χ4n) is 1.92. The number of aromatic nitrogens is 2. The van der Waals surface area contributed by atoms with Gasteiger partial charge in [-0.3, -0.25) is 0 Å². The molecule has 0 saturated heterocycles. The van der Waals surface area contributed by atoms with Crippen LogP contribution in [-0.4, -0.2) is 22.1 Å². The number of hydrogen-bond acceptors (Lipinski definition) is 2. The lowest BCUT2D eigenvalue weighted by molar-refractivity contribution is 0.578. The topological polar surface area (TPSA) is 29.9 Å². The molecule has 0 amide bonds. The maximum atomic E-state index is 13.1. The molecular formula is C13H18FN3. The maximum Gasteiger partial charge on any atom is 0.125 e. The van der Waals surface area contributed by atoms with Crippen LogP contribution in [0.5, 0.6) is 0 Å². The van der Waals surface area contributed by atoms with E-state index in [9.17, 15) is 4.39 Å². The zero-order chi connectivity index (χ0) is 12.4. The van der Waals surface area contributed by atoms with Gasteiger partial charge in [-0.15, -0.1) is 0 Å². The minimum absolute atomic E-state index is 0.234. The van der Waals surface area contributed by atoms with Crippen LogP contribution >= 0.6 is 0 Å². The predicted molar refractivity (Wildman–Crippen MR) is 67.5 cm³/mol. The average molecular weight is 235 g/mol. The second-order valence-corrected chi connectivity index (χ2v) is 4.58. The van der Waals surface area contributed by atoms with Gasteiger partial charge < -0.3 is 9.88 Å². The molecule has 0 atom stereocenters. The first-order valence-corrected chi connectivity index (χ1v) is 5.92. The van der Waals surface area contributed by atoms with E-state index in [0.29, 0.717) is 6.04 Å². The second kappa shape index (κ2) is 4.84. The zero-order valence-electron chi connectivity index (χ0n) is 10.5. The Bertz CT molecular complexity index is 517. The Morgan fingerprint density at radius 2 is 2.18 bits per heavy atom. The van der Waals surface area contributed by atoms with E-state index in [1.807, 2.05) is 11.6 Å². The van der Waals surface area contributed by atoms with Crippen molar-refractivity contribution in [1.29, 1.82) is 0 Å². The minimum Gasteiger partial charge on any atom is -0.331 e. The first-order chi connectivity index (χ1) is 8.08. The Kier molecular flexibility index (Phi) is 3.43. The monoisotopic (exact) mass is 235 g/mol. The molecule has 0 saturated carbocycles. The smallest absolute Gasteiger partial charge is 0.125 e. The first-order valence-electron chi connectivity index (χ1n) is 5.92. The summed E-state index contributed by atoms with van der Waals surface area (Å²) in [6.45, 7) is 5.12. The minimum atomic E-state index is -0.234. The molecule has 0 bridgehead atoms. The summed E-state index contributed by atoms with van der Waals surface area (Å²) in [5.41, 5.74) is 1.71. The summed E-state index contributed by atoms with van der Waals surface area (Å²) in [5.74, 6) is 0.751. The highest BCUT2D eigenvalue weighted by molar-refractivity contribution is 5.75. The normalized spacial score (nSPS) is 11.6. The van der Waals surface area contributed by atoms with Gasteiger partial charge in [-0.2, -0.15) is 0 Å². The van der Waals surface area contributed by atoms with Gasteiger partial charge in [-0.05, 0) is 12.1 Å². The van der Waals surface area contributed by atoms with E-state index in [2.05, 4.69) is 24.1 Å². The third-order valence-corrected chi connectivity index (χ3v) is 2.84. The summed E-state index contributed by atoms with van der Waals surface area (Å²) in [4.78, 5) is 4.45. The maximum absolute atomic E-state index is 13.1. The lowest BCUT2D eigenvalue weighted by Crippen LogP contribution is -2.25. The Hall–Kier alpha value is -1.42. The number of rotatable bonds is 4. The van der Waals surface area contributed by atoms with E-state index in [0.717, 1.165) is 29.8 Å². The van der Waals surface area contributed by atoms with Gasteiger partial charge in [0, 0.05) is 32.1 Å². The molecule has 1 heterocycles. The van der Waals surface area contributed by atoms with E-state index < -0.39 is 0 Å². The van der Waals surface area contributed by atoms with Crippen molar-refractivity contribution in [1.82, 2.24) is 14.9 Å². The SMILES string of the molecule is CC(C)NCCc1nc2cc(F)ccc2n1C. The molecule has 1 aromatic heterocycles. The Morgan fingerprint density at radius 3 is 2.88 bits per heavy atom. The Morgan fingerprint density at radius 1 is 1.41 bits per heavy atom. The van der Waals surface area contributed by atoms with Gasteiger partial charge in [0.1, 0.15) is 11.6 Å². The number of fused-ring (bicyclic) bond motifs is 1. The van der Waals surface area contributed by atoms with Crippen LogP contribution in [0, 0.1) is 5.82 Å². The summed E-state index contributed by atoms with van der Waals surface area (Å²) >= 11 is 0. The standard InChI is InChI=1S/C13H18FN3/c1-9(2)15-7-6-13-16-11-8-10(14)4-5-12(11)17(13)3/h4-5,8-9,15H,6-7H2,1-3H3. The molecule has 0 aliphatic carbocycles. The summed E-state index contributed by atoms with van der Waals surface area (Å²) in [5, 5.41) is 3.35. The fourth-order valence-corrected chi connectivity index (χ4v) is 1.92. The van der Waals surface area contributed by atoms with Crippen molar-refractivity contribution in [2.24, 2.45) is 7.05 Å². The van der Waals surface area contributed by atoms with Crippen LogP contribution in [0.4, 0.5) is 4.39 Å². The molecular weight excluding hydrogens is 217 g/mol. The molecule has 0 spiro atoms. The number of benzene rings is 1. The van der Waals surface area contributed by atoms with Crippen molar-refractivity contribution >= 4 is 11.0 Å². The summed E-state index contributed by atoms with van der Waals surface area (Å²) in [6, 6.07) is 5.20. The van der Waals surface area contributed by atoms with Crippen molar-refractivity contribution in [2.75, 3.05) is 6.54 Å². The number of aryl methyl sites for hydroxylation is 1. The molecule has 1 N–H and O–H groups in total. The van der Waals surface area contributed by atoms with E-state index in [1.165, 1.54) is 12.1 Å². The third-order valence-electron chi connectivity index (χ3n) is 2.84. The van der Waals surface area contributed by atoms with E-state index >= 15 is 0 Å². The van der Waals surface area contributed by atoms with Gasteiger partial charge in [0.2, 0.25) is 0 Å². The highest BCUT2D eigenvalue weighted by Gasteiger charge is 2.08. The first kappa shape index (κ1) is 12.0. The van der Waals surface area contributed by atoms with Crippen LogP contribution in [-0.2, 0) is 13.5 Å². The number of hydrogen-bond donors (Lipinski definition) is 1. The highest BCUT2D eigenvalue weighted by atomic mass is 19.1. The largest absolute Gasteiger partial charge is 0.331 e. The zero-order valence-corrected chi connectivity index (χ0v) is 10.5. The summed E-state index contributed by atoms with van der Waals surface area (Å²) in [6.07, 6.45) is 0.852. The Balaban J connectivity index is 2.20. The fraction of sp³-hybridized carbons (Fsp3) is 0.462. The van der Waals surface area contributed by atoms with Crippen LogP contribution < -0.4 is 5.32 Å². The van der Waals surface area contributed by atoms with Gasteiger partial charge in [0.15, 0.2) is 0 Å². The highest BCUT2D eigenvalue weighted by Crippen LogP contribution is 2.16. The van der Waals surface area contributed by atoms with Crippen LogP contribution in [0.2, 0.25) is 0 Å². The van der Waals surface area contributed by atoms with Crippen LogP contribution in [0.1, 0.15) is 19.7 Å². The quantitative estimate of drug-likeness (QED) is 0.881. The molecule has 2 rings (SSSR count). The van der Waals surface area contributed by atoms with Crippen molar-refractivity contribution in [3.05, 3.63) is 29.8 Å². The third kappa shape index (κ3) is 2.64. The number of halogens is 1. The number of nitrogens with zero attached hydrogens (tertiary/aromatic N) is 2. The van der Waals surface area contributed by atoms with Crippen LogP contribution in [0.15, 0.2) is 18.2 Å². The average Bonchev–Trinajstić information content (AvgIpc) is 2.55. The molecule has 2 aromatic rings.